The number of fused-ring (bicyclic) bond motifs is 7. The molecule has 0 atom stereocenters. The van der Waals surface area contributed by atoms with Crippen molar-refractivity contribution < 1.29 is 0 Å². The van der Waals surface area contributed by atoms with Crippen molar-refractivity contribution >= 4 is 59.3 Å². The molecule has 0 aliphatic heterocycles. The van der Waals surface area contributed by atoms with Gasteiger partial charge in [-0.3, -0.25) is 0 Å². The molecule has 0 spiro atoms. The number of thiophene rings is 1. The molecule has 1 aromatic heterocycles. The second kappa shape index (κ2) is 12.9. The molecule has 0 unspecified atom stereocenters. The third-order valence-electron chi connectivity index (χ3n) is 11.9. The third-order valence-corrected chi connectivity index (χ3v) is 13.2. The summed E-state index contributed by atoms with van der Waals surface area (Å²) in [5, 5.41) is 5.11. The number of benzene rings is 9. The fourth-order valence-electron chi connectivity index (χ4n) is 9.17. The first-order chi connectivity index (χ1) is 27.6. The number of nitrogens with zero attached hydrogens (tertiary/aromatic N) is 1. The van der Waals surface area contributed by atoms with Crippen molar-refractivity contribution in [3.8, 4) is 33.4 Å². The van der Waals surface area contributed by atoms with E-state index in [2.05, 4.69) is 218 Å². The first kappa shape index (κ1) is 32.7. The highest BCUT2D eigenvalue weighted by atomic mass is 32.1. The number of anilines is 3. The Morgan fingerprint density at radius 1 is 0.393 bits per heavy atom. The minimum absolute atomic E-state index is 0.288. The van der Waals surface area contributed by atoms with Gasteiger partial charge in [0, 0.05) is 42.3 Å². The van der Waals surface area contributed by atoms with Gasteiger partial charge in [0.15, 0.2) is 0 Å². The molecule has 0 saturated carbocycles. The molecular weight excluding hydrogens is 695 g/mol. The lowest BCUT2D eigenvalue weighted by atomic mass is 9.73. The lowest BCUT2D eigenvalue weighted by Gasteiger charge is -2.29. The van der Waals surface area contributed by atoms with Crippen molar-refractivity contribution in [2.75, 3.05) is 4.90 Å². The minimum atomic E-state index is -0.288. The lowest BCUT2D eigenvalue weighted by molar-refractivity contribution is 0.722. The Hall–Kier alpha value is -6.74. The summed E-state index contributed by atoms with van der Waals surface area (Å²) in [6, 6.07) is 75.8. The molecule has 0 radical (unpaired) electrons. The molecule has 56 heavy (non-hydrogen) atoms. The van der Waals surface area contributed by atoms with Crippen LogP contribution in [-0.4, -0.2) is 0 Å². The molecule has 9 aromatic carbocycles. The van der Waals surface area contributed by atoms with E-state index in [1.165, 1.54) is 86.7 Å². The Labute approximate surface area is 331 Å². The molecule has 1 heterocycles. The lowest BCUT2D eigenvalue weighted by Crippen LogP contribution is -2.22. The molecule has 0 saturated heterocycles. The van der Waals surface area contributed by atoms with Crippen molar-refractivity contribution in [2.45, 2.75) is 12.3 Å². The van der Waals surface area contributed by atoms with Gasteiger partial charge in [-0.05, 0) is 111 Å². The van der Waals surface area contributed by atoms with Crippen molar-refractivity contribution in [1.29, 1.82) is 0 Å². The number of hydrogen-bond acceptors (Lipinski definition) is 2. The van der Waals surface area contributed by atoms with E-state index < -0.39 is 0 Å². The third kappa shape index (κ3) is 5.07. The van der Waals surface area contributed by atoms with Crippen molar-refractivity contribution in [2.24, 2.45) is 0 Å². The molecule has 1 nitrogen and oxygen atoms in total. The maximum Gasteiger partial charge on any atom is 0.0540 e. The van der Waals surface area contributed by atoms with Gasteiger partial charge in [0.1, 0.15) is 0 Å². The fourth-order valence-corrected chi connectivity index (χ4v) is 10.5. The molecule has 1 aliphatic rings. The first-order valence-electron chi connectivity index (χ1n) is 19.3. The van der Waals surface area contributed by atoms with Gasteiger partial charge in [-0.15, -0.1) is 11.3 Å². The van der Waals surface area contributed by atoms with E-state index in [0.717, 1.165) is 11.4 Å². The molecule has 0 fully saturated rings. The topological polar surface area (TPSA) is 3.24 Å². The molecule has 0 bridgehead atoms. The summed E-state index contributed by atoms with van der Waals surface area (Å²) < 4.78 is 2.70. The Kier molecular flexibility index (Phi) is 7.55. The average Bonchev–Trinajstić information content (AvgIpc) is 3.77. The summed E-state index contributed by atoms with van der Waals surface area (Å²) in [5.74, 6) is 0. The Morgan fingerprint density at radius 3 is 1.64 bits per heavy atom. The Balaban J connectivity index is 1.000. The molecule has 2 heteroatoms. The highest BCUT2D eigenvalue weighted by Crippen LogP contribution is 2.55. The Bertz CT molecular complexity index is 3030. The standard InChI is InChI=1S/C54H37NS/c1-54(48-22-10-7-19-44(48)45-20-8-11-23-49(45)54)50-35-40(34-47-46-21-9-12-25-52(46)56-53(47)50)38-28-26-36(27-29-38)37-30-32-42(33-31-37)55(41-16-3-2-4-17-41)51-24-13-15-39-14-5-6-18-43(39)51/h2-35H,1H3. The van der Waals surface area contributed by atoms with Crippen LogP contribution in [0, 0.1) is 0 Å². The normalized spacial score (nSPS) is 12.9. The molecule has 264 valence electrons. The maximum atomic E-state index is 2.48. The van der Waals surface area contributed by atoms with Crippen LogP contribution in [0.5, 0.6) is 0 Å². The predicted octanol–water partition coefficient (Wildman–Crippen LogP) is 15.3. The zero-order chi connectivity index (χ0) is 37.2. The van der Waals surface area contributed by atoms with Crippen LogP contribution in [0.3, 0.4) is 0 Å². The van der Waals surface area contributed by atoms with Gasteiger partial charge >= 0.3 is 0 Å². The van der Waals surface area contributed by atoms with Crippen LogP contribution in [0.15, 0.2) is 206 Å². The van der Waals surface area contributed by atoms with Crippen LogP contribution in [0.4, 0.5) is 17.1 Å². The SMILES string of the molecule is CC1(c2cc(-c3ccc(-c4ccc(N(c5ccccc5)c5cccc6ccccc56)cc4)cc3)cc3c2sc2ccccc23)c2ccccc2-c2ccccc21. The monoisotopic (exact) mass is 731 g/mol. The molecule has 10 aromatic rings. The smallest absolute Gasteiger partial charge is 0.0540 e. The maximum absolute atomic E-state index is 2.48. The van der Waals surface area contributed by atoms with Crippen LogP contribution < -0.4 is 4.90 Å². The summed E-state index contributed by atoms with van der Waals surface area (Å²) in [7, 11) is 0. The number of rotatable bonds is 6. The Morgan fingerprint density at radius 2 is 0.929 bits per heavy atom. The van der Waals surface area contributed by atoms with Gasteiger partial charge in [-0.1, -0.05) is 158 Å². The van der Waals surface area contributed by atoms with Crippen molar-refractivity contribution in [3.05, 3.63) is 223 Å². The van der Waals surface area contributed by atoms with E-state index in [9.17, 15) is 0 Å². The summed E-state index contributed by atoms with van der Waals surface area (Å²) in [6.45, 7) is 2.44. The van der Waals surface area contributed by atoms with Gasteiger partial charge in [0.2, 0.25) is 0 Å². The summed E-state index contributed by atoms with van der Waals surface area (Å²) >= 11 is 1.92. The van der Waals surface area contributed by atoms with Gasteiger partial charge in [0.05, 0.1) is 5.69 Å². The van der Waals surface area contributed by atoms with Crippen LogP contribution >= 0.6 is 11.3 Å². The van der Waals surface area contributed by atoms with E-state index in [1.807, 2.05) is 11.3 Å². The summed E-state index contributed by atoms with van der Waals surface area (Å²) in [5.41, 5.74) is 14.8. The molecule has 0 N–H and O–H groups in total. The van der Waals surface area contributed by atoms with Crippen LogP contribution in [-0.2, 0) is 5.41 Å². The van der Waals surface area contributed by atoms with Gasteiger partial charge in [-0.2, -0.15) is 0 Å². The quantitative estimate of drug-likeness (QED) is 0.165. The molecule has 1 aliphatic carbocycles. The highest BCUT2D eigenvalue weighted by Gasteiger charge is 2.42. The van der Waals surface area contributed by atoms with Crippen molar-refractivity contribution in [1.82, 2.24) is 0 Å². The molecule has 0 amide bonds. The second-order valence-electron chi connectivity index (χ2n) is 15.0. The van der Waals surface area contributed by atoms with Gasteiger partial charge in [-0.25, -0.2) is 0 Å². The average molecular weight is 732 g/mol. The summed E-state index contributed by atoms with van der Waals surface area (Å²) in [6.07, 6.45) is 0. The minimum Gasteiger partial charge on any atom is -0.310 e. The van der Waals surface area contributed by atoms with E-state index in [0.29, 0.717) is 0 Å². The van der Waals surface area contributed by atoms with E-state index in [1.54, 1.807) is 0 Å². The number of para-hydroxylation sites is 1. The summed E-state index contributed by atoms with van der Waals surface area (Å²) in [4.78, 5) is 2.36. The van der Waals surface area contributed by atoms with Crippen LogP contribution in [0.2, 0.25) is 0 Å². The van der Waals surface area contributed by atoms with Crippen LogP contribution in [0.1, 0.15) is 23.6 Å². The molecule has 11 rings (SSSR count). The van der Waals surface area contributed by atoms with E-state index >= 15 is 0 Å². The van der Waals surface area contributed by atoms with Gasteiger partial charge in [0.25, 0.3) is 0 Å². The molecular formula is C54H37NS. The highest BCUT2D eigenvalue weighted by molar-refractivity contribution is 7.26. The first-order valence-corrected chi connectivity index (χ1v) is 20.2. The second-order valence-corrected chi connectivity index (χ2v) is 16.1. The van der Waals surface area contributed by atoms with Crippen molar-refractivity contribution in [3.63, 3.8) is 0 Å². The van der Waals surface area contributed by atoms with Gasteiger partial charge < -0.3 is 4.90 Å². The van der Waals surface area contributed by atoms with Crippen LogP contribution in [0.25, 0.3) is 64.3 Å². The fraction of sp³-hybridized carbons (Fsp3) is 0.0370. The zero-order valence-electron chi connectivity index (χ0n) is 31.0. The largest absolute Gasteiger partial charge is 0.310 e. The van der Waals surface area contributed by atoms with E-state index in [-0.39, 0.29) is 5.41 Å². The van der Waals surface area contributed by atoms with E-state index in [4.69, 9.17) is 0 Å². The predicted molar refractivity (Wildman–Crippen MR) is 240 cm³/mol. The zero-order valence-corrected chi connectivity index (χ0v) is 31.8. The number of hydrogen-bond donors (Lipinski definition) is 0.